The van der Waals surface area contributed by atoms with Crippen molar-refractivity contribution in [2.24, 2.45) is 7.05 Å². The van der Waals surface area contributed by atoms with Crippen LogP contribution in [0.25, 0.3) is 6.08 Å². The van der Waals surface area contributed by atoms with Crippen molar-refractivity contribution in [1.82, 2.24) is 4.57 Å². The van der Waals surface area contributed by atoms with Gasteiger partial charge in [-0.3, -0.25) is 0 Å². The number of hydrogen-bond acceptors (Lipinski definition) is 1. The van der Waals surface area contributed by atoms with Gasteiger partial charge in [0, 0.05) is 0 Å². The van der Waals surface area contributed by atoms with Gasteiger partial charge >= 0.3 is 140 Å². The molecule has 1 aromatic heterocycles. The Labute approximate surface area is 140 Å². The van der Waals surface area contributed by atoms with Crippen LogP contribution >= 0.6 is 0 Å². The summed E-state index contributed by atoms with van der Waals surface area (Å²) in [5.74, 6) is 0. The molecule has 0 bridgehead atoms. The third-order valence-electron chi connectivity index (χ3n) is 1.58. The molecule has 0 saturated heterocycles. The van der Waals surface area contributed by atoms with E-state index in [0.29, 0.717) is 0 Å². The molecule has 0 atom stereocenters. The van der Waals surface area contributed by atoms with E-state index >= 15 is 0 Å². The van der Waals surface area contributed by atoms with Crippen LogP contribution in [0.2, 0.25) is 0 Å². The Hall–Kier alpha value is -1.76. The fourth-order valence-electron chi connectivity index (χ4n) is 0.869. The van der Waals surface area contributed by atoms with Crippen LogP contribution in [0.1, 0.15) is 5.69 Å². The van der Waals surface area contributed by atoms with Gasteiger partial charge in [-0.2, -0.15) is 0 Å². The molecule has 0 aliphatic heterocycles. The third kappa shape index (κ3) is 23.3. The van der Waals surface area contributed by atoms with E-state index in [1.54, 1.807) is 7.11 Å². The number of rotatable bonds is 3. The number of hydrogen-bond donors (Lipinski definition) is 0. The van der Waals surface area contributed by atoms with Crippen LogP contribution in [-0.2, 0) is 54.4 Å². The van der Waals surface area contributed by atoms with Crippen LogP contribution in [0.5, 0.6) is 0 Å². The van der Waals surface area contributed by atoms with Gasteiger partial charge in [0.1, 0.15) is 0 Å². The molecule has 0 aromatic carbocycles. The third-order valence-corrected chi connectivity index (χ3v) is 2.66. The van der Waals surface area contributed by atoms with Gasteiger partial charge in [-0.15, -0.1) is 0 Å². The molecule has 0 radical (unpaired) electrons. The van der Waals surface area contributed by atoms with Crippen molar-refractivity contribution in [2.75, 3.05) is 7.11 Å². The number of aryl methyl sites for hydroxylation is 1. The average molecular weight is 473 g/mol. The predicted octanol–water partition coefficient (Wildman–Crippen LogP) is 1.17. The van der Waals surface area contributed by atoms with E-state index < -0.39 is 0 Å². The van der Waals surface area contributed by atoms with Crippen LogP contribution in [0, 0.1) is 33.3 Å². The maximum absolute atomic E-state index is 7.50. The van der Waals surface area contributed by atoms with Gasteiger partial charge in [-0.25, -0.2) is 0 Å². The van der Waals surface area contributed by atoms with Crippen molar-refractivity contribution in [2.45, 2.75) is 0 Å². The molecule has 7 nitrogen and oxygen atoms in total. The van der Waals surface area contributed by atoms with E-state index in [2.05, 4.69) is 43.9 Å². The first kappa shape index (κ1) is 32.3. The normalized spacial score (nSPS) is 6.36. The first-order chi connectivity index (χ1) is 10.7. The fourth-order valence-corrected chi connectivity index (χ4v) is 1.11. The summed E-state index contributed by atoms with van der Waals surface area (Å²) >= 11 is 1.35. The predicted molar refractivity (Wildman–Crippen MR) is 66.1 cm³/mol. The van der Waals surface area contributed by atoms with Gasteiger partial charge < -0.3 is 0 Å². The topological polar surface area (TPSA) is 114 Å². The van der Waals surface area contributed by atoms with E-state index in [0.717, 1.165) is 4.08 Å². The number of ether oxygens (including phenoxy) is 1. The summed E-state index contributed by atoms with van der Waals surface area (Å²) in [7, 11) is 3.71. The zero-order valence-electron chi connectivity index (χ0n) is 11.7. The van der Waals surface area contributed by atoms with Crippen LogP contribution in [-0.4, -0.2) is 15.8 Å². The zero-order chi connectivity index (χ0) is 19.0. The van der Waals surface area contributed by atoms with Gasteiger partial charge in [0.25, 0.3) is 0 Å². The van der Waals surface area contributed by atoms with Crippen molar-refractivity contribution in [3.05, 3.63) is 63.4 Å². The Balaban J connectivity index is -0.0000000822. The van der Waals surface area contributed by atoms with Gasteiger partial charge in [-0.1, -0.05) is 0 Å². The maximum atomic E-state index is 7.50. The summed E-state index contributed by atoms with van der Waals surface area (Å²) in [4.78, 5) is 0. The number of methoxy groups -OCH3 is 1. The van der Waals surface area contributed by atoms with Crippen molar-refractivity contribution in [3.8, 4) is 0 Å². The Bertz CT molecular complexity index is 459. The molecular formula is C14H11NO6W. The Morgan fingerprint density at radius 1 is 1.05 bits per heavy atom. The van der Waals surface area contributed by atoms with Crippen LogP contribution < -0.4 is 0 Å². The van der Waals surface area contributed by atoms with Crippen molar-refractivity contribution >= 4 is 10.2 Å². The number of nitrogens with zero attached hydrogens (tertiary/aromatic N) is 1. The quantitative estimate of drug-likeness (QED) is 0.477. The molecule has 1 heterocycles. The molecule has 114 valence electrons. The van der Waals surface area contributed by atoms with Gasteiger partial charge in [0.15, 0.2) is 0 Å². The Morgan fingerprint density at radius 3 is 1.73 bits per heavy atom. The fraction of sp³-hybridized carbons (Fsp3) is 0.143. The molecule has 22 heavy (non-hydrogen) atoms. The summed E-state index contributed by atoms with van der Waals surface area (Å²) in [6.07, 6.45) is 6.06. The summed E-state index contributed by atoms with van der Waals surface area (Å²) in [6, 6.07) is 4.09. The van der Waals surface area contributed by atoms with E-state index in [9.17, 15) is 0 Å². The van der Waals surface area contributed by atoms with E-state index in [1.807, 2.05) is 31.5 Å². The molecule has 8 heteroatoms. The summed E-state index contributed by atoms with van der Waals surface area (Å²) in [5, 5.41) is 0. The molecule has 0 aliphatic rings. The van der Waals surface area contributed by atoms with Gasteiger partial charge in [0.05, 0.1) is 0 Å². The molecule has 1 rings (SSSR count). The molecule has 0 unspecified atom stereocenters. The minimum absolute atomic E-state index is 0.996. The molecule has 0 amide bonds. The summed E-state index contributed by atoms with van der Waals surface area (Å²) in [6.45, 7) is 22.5. The van der Waals surface area contributed by atoms with Crippen molar-refractivity contribution < 1.29 is 47.4 Å². The monoisotopic (exact) mass is 473 g/mol. The van der Waals surface area contributed by atoms with E-state index in [-0.39, 0.29) is 0 Å². The molecular weight excluding hydrogens is 462 g/mol. The molecule has 0 spiro atoms. The standard InChI is InChI=1S/C9H11NO.5CO.W/c1-10-7-3-5-9(10)6-4-8-11-2;5*1-2;/h3-7H,1-2H3;;;;;;/b6-4+;;;;;;. The molecule has 0 saturated carbocycles. The second-order valence-electron chi connectivity index (χ2n) is 2.40. The van der Waals surface area contributed by atoms with Crippen LogP contribution in [0.3, 0.4) is 0 Å². The van der Waals surface area contributed by atoms with Crippen LogP contribution in [0.4, 0.5) is 0 Å². The zero-order valence-corrected chi connectivity index (χ0v) is 14.6. The number of aromatic nitrogens is 1. The minimum atomic E-state index is 0.996. The SMILES string of the molecule is CO[C](=[W])/C=C/c1cccn1C.[C-]#[O+].[C-]#[O+].[C-]#[O+].[C-]#[O+].[C-]#[O+]. The second-order valence-corrected chi connectivity index (χ2v) is 3.85. The molecule has 0 N–H and O–H groups in total. The van der Waals surface area contributed by atoms with Gasteiger partial charge in [0.2, 0.25) is 0 Å². The second kappa shape index (κ2) is 36.5. The summed E-state index contributed by atoms with van der Waals surface area (Å²) in [5.41, 5.74) is 1.19. The van der Waals surface area contributed by atoms with Crippen molar-refractivity contribution in [1.29, 1.82) is 0 Å². The molecule has 0 fully saturated rings. The Kier molecular flexibility index (Phi) is 53.5. The van der Waals surface area contributed by atoms with E-state index in [4.69, 9.17) is 28.0 Å². The van der Waals surface area contributed by atoms with E-state index in [1.165, 1.54) is 25.0 Å². The van der Waals surface area contributed by atoms with Crippen LogP contribution in [0.15, 0.2) is 24.4 Å². The summed E-state index contributed by atoms with van der Waals surface area (Å²) < 4.78 is 45.6. The van der Waals surface area contributed by atoms with Crippen molar-refractivity contribution in [3.63, 3.8) is 0 Å². The average Bonchev–Trinajstić information content (AvgIpc) is 3.06. The first-order valence-corrected chi connectivity index (χ1v) is 6.10. The molecule has 1 aromatic rings. The molecule has 0 aliphatic carbocycles. The first-order valence-electron chi connectivity index (χ1n) is 4.63. The van der Waals surface area contributed by atoms with Gasteiger partial charge in [-0.05, 0) is 0 Å². The Morgan fingerprint density at radius 2 is 1.45 bits per heavy atom.